The second kappa shape index (κ2) is 9.91. The van der Waals surface area contributed by atoms with Crippen molar-refractivity contribution in [3.8, 4) is 0 Å². The number of hydrogen-bond donors (Lipinski definition) is 2. The zero-order valence-electron chi connectivity index (χ0n) is 16.8. The standard InChI is InChI=1S/C20H32N4O4/c1-2-28-19(26)16-13-21-20(27)22-17(16)14-23-8-10-24(11-9-23)18(25)12-15-6-4-3-5-7-15/h15H,2-14H2,1H3,(H2,21,22,27). The van der Waals surface area contributed by atoms with E-state index in [-0.39, 0.29) is 18.5 Å². The van der Waals surface area contributed by atoms with Crippen LogP contribution < -0.4 is 10.6 Å². The molecule has 3 rings (SSSR count). The Balaban J connectivity index is 1.51. The van der Waals surface area contributed by atoms with E-state index in [0.717, 1.165) is 13.1 Å². The largest absolute Gasteiger partial charge is 0.463 e. The molecule has 0 aromatic rings. The number of piperazine rings is 1. The predicted octanol–water partition coefficient (Wildman–Crippen LogP) is 1.23. The molecule has 2 heterocycles. The highest BCUT2D eigenvalue weighted by molar-refractivity contribution is 5.93. The fourth-order valence-corrected chi connectivity index (χ4v) is 4.23. The number of nitrogens with zero attached hydrogens (tertiary/aromatic N) is 2. The van der Waals surface area contributed by atoms with Gasteiger partial charge in [-0.15, -0.1) is 0 Å². The van der Waals surface area contributed by atoms with Crippen LogP contribution in [0.1, 0.15) is 45.4 Å². The summed E-state index contributed by atoms with van der Waals surface area (Å²) >= 11 is 0. The minimum atomic E-state index is -0.397. The van der Waals surface area contributed by atoms with E-state index in [9.17, 15) is 14.4 Å². The van der Waals surface area contributed by atoms with Gasteiger partial charge in [0.15, 0.2) is 0 Å². The number of urea groups is 1. The Bertz CT molecular complexity index is 620. The van der Waals surface area contributed by atoms with Crippen molar-refractivity contribution in [1.29, 1.82) is 0 Å². The topological polar surface area (TPSA) is 91.0 Å². The van der Waals surface area contributed by atoms with Crippen molar-refractivity contribution >= 4 is 17.9 Å². The number of amides is 3. The molecule has 0 unspecified atom stereocenters. The van der Waals surface area contributed by atoms with Gasteiger partial charge in [-0.25, -0.2) is 9.59 Å². The lowest BCUT2D eigenvalue weighted by atomic mass is 9.86. The molecule has 2 aliphatic heterocycles. The van der Waals surface area contributed by atoms with Gasteiger partial charge in [-0.05, 0) is 25.7 Å². The molecule has 0 aromatic carbocycles. The average molecular weight is 393 g/mol. The van der Waals surface area contributed by atoms with Gasteiger partial charge in [-0.3, -0.25) is 9.69 Å². The van der Waals surface area contributed by atoms with E-state index in [4.69, 9.17) is 4.74 Å². The molecule has 8 heteroatoms. The van der Waals surface area contributed by atoms with Crippen molar-refractivity contribution in [2.75, 3.05) is 45.9 Å². The first-order valence-corrected chi connectivity index (χ1v) is 10.5. The molecule has 2 N–H and O–H groups in total. The Morgan fingerprint density at radius 2 is 1.82 bits per heavy atom. The highest BCUT2D eigenvalue weighted by atomic mass is 16.5. The summed E-state index contributed by atoms with van der Waals surface area (Å²) in [6.45, 7) is 5.58. The van der Waals surface area contributed by atoms with Crippen LogP contribution in [0.2, 0.25) is 0 Å². The van der Waals surface area contributed by atoms with Gasteiger partial charge in [0.2, 0.25) is 5.91 Å². The van der Waals surface area contributed by atoms with Crippen molar-refractivity contribution in [2.45, 2.75) is 45.4 Å². The van der Waals surface area contributed by atoms with Gasteiger partial charge in [0.05, 0.1) is 18.7 Å². The molecule has 0 atom stereocenters. The smallest absolute Gasteiger partial charge is 0.337 e. The van der Waals surface area contributed by atoms with E-state index in [1.54, 1.807) is 6.92 Å². The van der Waals surface area contributed by atoms with E-state index in [2.05, 4.69) is 15.5 Å². The molecule has 3 amide bonds. The Kier molecular flexibility index (Phi) is 7.30. The zero-order valence-corrected chi connectivity index (χ0v) is 16.8. The summed E-state index contributed by atoms with van der Waals surface area (Å²) in [5, 5.41) is 5.37. The summed E-state index contributed by atoms with van der Waals surface area (Å²) in [6, 6.07) is -0.302. The SMILES string of the molecule is CCOC(=O)C1=C(CN2CCN(C(=O)CC3CCCCC3)CC2)NC(=O)NC1. The van der Waals surface area contributed by atoms with Gasteiger partial charge in [0.25, 0.3) is 0 Å². The number of carbonyl (C=O) groups excluding carboxylic acids is 3. The van der Waals surface area contributed by atoms with Crippen LogP contribution in [0.15, 0.2) is 11.3 Å². The van der Waals surface area contributed by atoms with Gasteiger partial charge in [0.1, 0.15) is 0 Å². The maximum Gasteiger partial charge on any atom is 0.337 e. The van der Waals surface area contributed by atoms with Crippen molar-refractivity contribution in [1.82, 2.24) is 20.4 Å². The molecule has 0 spiro atoms. The number of rotatable bonds is 6. The first-order chi connectivity index (χ1) is 13.6. The Hall–Kier alpha value is -2.09. The van der Waals surface area contributed by atoms with Gasteiger partial charge in [-0.1, -0.05) is 19.3 Å². The first kappa shape index (κ1) is 20.6. The molecular weight excluding hydrogens is 360 g/mol. The van der Waals surface area contributed by atoms with Crippen molar-refractivity contribution in [2.24, 2.45) is 5.92 Å². The molecular formula is C20H32N4O4. The third-order valence-corrected chi connectivity index (χ3v) is 5.87. The van der Waals surface area contributed by atoms with Crippen LogP contribution in [-0.4, -0.2) is 73.6 Å². The van der Waals surface area contributed by atoms with Crippen molar-refractivity contribution in [3.63, 3.8) is 0 Å². The van der Waals surface area contributed by atoms with Crippen molar-refractivity contribution in [3.05, 3.63) is 11.3 Å². The predicted molar refractivity (Wildman–Crippen MR) is 104 cm³/mol. The Morgan fingerprint density at radius 3 is 2.50 bits per heavy atom. The second-order valence-electron chi connectivity index (χ2n) is 7.85. The van der Waals surface area contributed by atoms with E-state index in [0.29, 0.717) is 49.9 Å². The van der Waals surface area contributed by atoms with Crippen LogP contribution in [0.5, 0.6) is 0 Å². The molecule has 8 nitrogen and oxygen atoms in total. The number of esters is 1. The van der Waals surface area contributed by atoms with Crippen LogP contribution in [0.25, 0.3) is 0 Å². The monoisotopic (exact) mass is 392 g/mol. The minimum Gasteiger partial charge on any atom is -0.463 e. The van der Waals surface area contributed by atoms with Gasteiger partial charge in [-0.2, -0.15) is 0 Å². The summed E-state index contributed by atoms with van der Waals surface area (Å²) < 4.78 is 5.10. The molecule has 0 radical (unpaired) electrons. The lowest BCUT2D eigenvalue weighted by Gasteiger charge is -2.36. The molecule has 3 aliphatic rings. The molecule has 1 saturated carbocycles. The maximum atomic E-state index is 12.6. The fraction of sp³-hybridized carbons (Fsp3) is 0.750. The molecule has 0 aromatic heterocycles. The fourth-order valence-electron chi connectivity index (χ4n) is 4.23. The van der Waals surface area contributed by atoms with Crippen LogP contribution in [0.3, 0.4) is 0 Å². The number of carbonyl (C=O) groups is 3. The highest BCUT2D eigenvalue weighted by Gasteiger charge is 2.28. The molecule has 2 fully saturated rings. The summed E-state index contributed by atoms with van der Waals surface area (Å²) in [7, 11) is 0. The second-order valence-corrected chi connectivity index (χ2v) is 7.85. The number of ether oxygens (including phenoxy) is 1. The molecule has 28 heavy (non-hydrogen) atoms. The molecule has 1 saturated heterocycles. The quantitative estimate of drug-likeness (QED) is 0.664. The zero-order chi connectivity index (χ0) is 19.9. The number of nitrogens with one attached hydrogen (secondary N) is 2. The van der Waals surface area contributed by atoms with Gasteiger partial charge < -0.3 is 20.3 Å². The van der Waals surface area contributed by atoms with Crippen LogP contribution >= 0.6 is 0 Å². The summed E-state index contributed by atoms with van der Waals surface area (Å²) in [6.07, 6.45) is 6.86. The van der Waals surface area contributed by atoms with E-state index < -0.39 is 5.97 Å². The van der Waals surface area contributed by atoms with E-state index >= 15 is 0 Å². The highest BCUT2D eigenvalue weighted by Crippen LogP contribution is 2.27. The minimum absolute atomic E-state index is 0.180. The molecule has 1 aliphatic carbocycles. The van der Waals surface area contributed by atoms with Gasteiger partial charge >= 0.3 is 12.0 Å². The number of hydrogen-bond acceptors (Lipinski definition) is 5. The lowest BCUT2D eigenvalue weighted by molar-refractivity contribution is -0.138. The first-order valence-electron chi connectivity index (χ1n) is 10.5. The Labute approximate surface area is 166 Å². The average Bonchev–Trinajstić information content (AvgIpc) is 2.69. The van der Waals surface area contributed by atoms with Crippen LogP contribution in [-0.2, 0) is 14.3 Å². The van der Waals surface area contributed by atoms with Crippen LogP contribution in [0.4, 0.5) is 4.79 Å². The molecule has 0 bridgehead atoms. The normalized spacial score (nSPS) is 21.9. The molecule has 156 valence electrons. The lowest BCUT2D eigenvalue weighted by Crippen LogP contribution is -2.52. The van der Waals surface area contributed by atoms with E-state index in [1.165, 1.54) is 32.1 Å². The van der Waals surface area contributed by atoms with E-state index in [1.807, 2.05) is 4.90 Å². The third kappa shape index (κ3) is 5.47. The third-order valence-electron chi connectivity index (χ3n) is 5.87. The van der Waals surface area contributed by atoms with Gasteiger partial charge in [0, 0.05) is 44.8 Å². The van der Waals surface area contributed by atoms with Crippen LogP contribution in [0, 0.1) is 5.92 Å². The summed E-state index contributed by atoms with van der Waals surface area (Å²) in [4.78, 5) is 40.6. The Morgan fingerprint density at radius 1 is 1.11 bits per heavy atom. The maximum absolute atomic E-state index is 12.6. The summed E-state index contributed by atoms with van der Waals surface area (Å²) in [5.74, 6) is 0.431. The van der Waals surface area contributed by atoms with Crippen molar-refractivity contribution < 1.29 is 19.1 Å². The summed E-state index contributed by atoms with van der Waals surface area (Å²) in [5.41, 5.74) is 1.07.